The van der Waals surface area contributed by atoms with E-state index in [2.05, 4.69) is 35.9 Å². The fraction of sp³-hybridized carbons (Fsp3) is 0.842. The zero-order valence-corrected chi connectivity index (χ0v) is 16.5. The predicted octanol–water partition coefficient (Wildman–Crippen LogP) is 2.57. The average Bonchev–Trinajstić information content (AvgIpc) is 2.95. The highest BCUT2D eigenvalue weighted by Gasteiger charge is 2.04. The summed E-state index contributed by atoms with van der Waals surface area (Å²) < 4.78 is 2.30. The first-order chi connectivity index (χ1) is 10.4. The summed E-state index contributed by atoms with van der Waals surface area (Å²) in [5.41, 5.74) is 1.41. The van der Waals surface area contributed by atoms with E-state index in [0.29, 0.717) is 0 Å². The molecule has 0 aromatic carbocycles. The van der Waals surface area contributed by atoms with Gasteiger partial charge in [0.25, 0.3) is 0 Å². The zero-order valence-electron chi connectivity index (χ0n) is 14.9. The van der Waals surface area contributed by atoms with Gasteiger partial charge in [0.05, 0.1) is 6.54 Å². The molecule has 1 aromatic rings. The van der Waals surface area contributed by atoms with Crippen molar-refractivity contribution < 1.29 is 21.5 Å². The van der Waals surface area contributed by atoms with Crippen molar-refractivity contribution >= 4 is 0 Å². The van der Waals surface area contributed by atoms with E-state index in [-0.39, 0.29) is 17.0 Å². The number of halogens is 1. The summed E-state index contributed by atoms with van der Waals surface area (Å²) in [6.45, 7) is 5.69. The number of aryl methyl sites for hydroxylation is 2. The summed E-state index contributed by atoms with van der Waals surface area (Å²) in [7, 11) is 0. The molecule has 0 unspecified atom stereocenters. The van der Waals surface area contributed by atoms with Crippen LogP contribution in [0.5, 0.6) is 0 Å². The molecule has 130 valence electrons. The number of aromatic nitrogens is 2. The molecule has 0 atom stereocenters. The maximum atomic E-state index is 3.41. The second-order valence-corrected chi connectivity index (χ2v) is 6.45. The monoisotopic (exact) mass is 372 g/mol. The van der Waals surface area contributed by atoms with Gasteiger partial charge in [0, 0.05) is 6.42 Å². The minimum Gasteiger partial charge on any atom is -1.00 e. The van der Waals surface area contributed by atoms with Gasteiger partial charge >= 0.3 is 0 Å². The van der Waals surface area contributed by atoms with Crippen LogP contribution >= 0.6 is 0 Å². The first-order valence-electron chi connectivity index (χ1n) is 9.43. The van der Waals surface area contributed by atoms with Crippen LogP contribution in [0.25, 0.3) is 0 Å². The lowest BCUT2D eigenvalue weighted by Gasteiger charge is -2.01. The van der Waals surface area contributed by atoms with Gasteiger partial charge in [-0.2, -0.15) is 0 Å². The Balaban J connectivity index is 0.00000441. The number of unbranched alkanes of at least 4 members (excludes halogenated alkanes) is 10. The molecule has 0 bridgehead atoms. The minimum atomic E-state index is 0. The molecule has 0 amide bonds. The highest BCUT2D eigenvalue weighted by Crippen LogP contribution is 2.11. The summed E-state index contributed by atoms with van der Waals surface area (Å²) >= 11 is 0. The smallest absolute Gasteiger partial charge is 0.241 e. The number of aromatic amines is 1. The normalized spacial score (nSPS) is 10.6. The van der Waals surface area contributed by atoms with Crippen LogP contribution in [0, 0.1) is 0 Å². The molecule has 1 heterocycles. The maximum absolute atomic E-state index is 3.41. The molecule has 1 N–H and O–H groups in total. The lowest BCUT2D eigenvalue weighted by Crippen LogP contribution is -3.00. The summed E-state index contributed by atoms with van der Waals surface area (Å²) in [4.78, 5) is 3.41. The van der Waals surface area contributed by atoms with Crippen LogP contribution in [0.15, 0.2) is 12.5 Å². The van der Waals surface area contributed by atoms with Crippen molar-refractivity contribution in [2.24, 2.45) is 0 Å². The fourth-order valence-electron chi connectivity index (χ4n) is 2.85. The van der Waals surface area contributed by atoms with Crippen molar-refractivity contribution in [1.29, 1.82) is 0 Å². The first kappa shape index (κ1) is 21.7. The van der Waals surface area contributed by atoms with Crippen molar-refractivity contribution in [2.45, 2.75) is 104 Å². The molecule has 0 spiro atoms. The lowest BCUT2D eigenvalue weighted by atomic mass is 10.1. The standard InChI is InChI=1S/C19H36N2.BrH/c1-3-5-7-8-9-10-11-12-13-14-15-19-17-21(18-20-19)16-6-4-2;/h17-18H,3-16H2,1-2H3;1H. The van der Waals surface area contributed by atoms with E-state index in [4.69, 9.17) is 0 Å². The summed E-state index contributed by atoms with van der Waals surface area (Å²) in [6.07, 6.45) is 22.4. The number of nitrogens with one attached hydrogen (secondary N) is 1. The van der Waals surface area contributed by atoms with Gasteiger partial charge in [-0.05, 0) is 12.8 Å². The second-order valence-electron chi connectivity index (χ2n) is 6.45. The molecular weight excluding hydrogens is 336 g/mol. The lowest BCUT2D eigenvalue weighted by molar-refractivity contribution is -0.696. The topological polar surface area (TPSA) is 19.7 Å². The Morgan fingerprint density at radius 2 is 1.32 bits per heavy atom. The number of rotatable bonds is 14. The summed E-state index contributed by atoms with van der Waals surface area (Å²) in [5.74, 6) is 0. The van der Waals surface area contributed by atoms with Crippen molar-refractivity contribution in [3.63, 3.8) is 0 Å². The zero-order chi connectivity index (χ0) is 15.2. The molecule has 3 heteroatoms. The van der Waals surface area contributed by atoms with Gasteiger partial charge in [0.1, 0.15) is 11.9 Å². The molecule has 2 nitrogen and oxygen atoms in total. The SMILES string of the molecule is CCCCCCCCCCCCc1c[n+](CCCC)c[nH]1.[Br-]. The van der Waals surface area contributed by atoms with Gasteiger partial charge in [-0.3, -0.25) is 0 Å². The molecule has 0 radical (unpaired) electrons. The van der Waals surface area contributed by atoms with Crippen LogP contribution in [0.4, 0.5) is 0 Å². The molecule has 22 heavy (non-hydrogen) atoms. The third-order valence-corrected chi connectivity index (χ3v) is 4.31. The molecule has 1 rings (SSSR count). The molecule has 0 aliphatic rings. The predicted molar refractivity (Wildman–Crippen MR) is 91.4 cm³/mol. The number of hydrogen-bond acceptors (Lipinski definition) is 0. The third-order valence-electron chi connectivity index (χ3n) is 4.31. The van der Waals surface area contributed by atoms with Gasteiger partial charge in [0.2, 0.25) is 6.33 Å². The quantitative estimate of drug-likeness (QED) is 0.382. The Morgan fingerprint density at radius 1 is 0.773 bits per heavy atom. The van der Waals surface area contributed by atoms with Gasteiger partial charge in [-0.25, -0.2) is 9.55 Å². The summed E-state index contributed by atoms with van der Waals surface area (Å²) in [6, 6.07) is 0. The Kier molecular flexibility index (Phi) is 15.4. The summed E-state index contributed by atoms with van der Waals surface area (Å²) in [5, 5.41) is 0. The Bertz CT molecular complexity index is 336. The Morgan fingerprint density at radius 3 is 1.91 bits per heavy atom. The Labute approximate surface area is 148 Å². The molecule has 0 fully saturated rings. The number of hydrogen-bond donors (Lipinski definition) is 1. The third kappa shape index (κ3) is 11.3. The van der Waals surface area contributed by atoms with Crippen LogP contribution in [-0.4, -0.2) is 4.98 Å². The van der Waals surface area contributed by atoms with Gasteiger partial charge in [-0.15, -0.1) is 0 Å². The molecular formula is C19H37BrN2. The van der Waals surface area contributed by atoms with E-state index in [1.54, 1.807) is 0 Å². The highest BCUT2D eigenvalue weighted by molar-refractivity contribution is 4.89. The van der Waals surface area contributed by atoms with Gasteiger partial charge in [-0.1, -0.05) is 78.1 Å². The van der Waals surface area contributed by atoms with Gasteiger partial charge < -0.3 is 17.0 Å². The largest absolute Gasteiger partial charge is 1.00 e. The molecule has 0 aliphatic heterocycles. The number of nitrogens with zero attached hydrogens (tertiary/aromatic N) is 1. The van der Waals surface area contributed by atoms with Crippen LogP contribution in [0.3, 0.4) is 0 Å². The van der Waals surface area contributed by atoms with E-state index >= 15 is 0 Å². The van der Waals surface area contributed by atoms with Crippen LogP contribution in [0.2, 0.25) is 0 Å². The van der Waals surface area contributed by atoms with Crippen molar-refractivity contribution in [3.05, 3.63) is 18.2 Å². The van der Waals surface area contributed by atoms with Crippen LogP contribution in [0.1, 0.15) is 96.6 Å². The Hall–Kier alpha value is -0.310. The van der Waals surface area contributed by atoms with Crippen molar-refractivity contribution in [1.82, 2.24) is 4.98 Å². The van der Waals surface area contributed by atoms with E-state index in [9.17, 15) is 0 Å². The highest BCUT2D eigenvalue weighted by atomic mass is 79.9. The van der Waals surface area contributed by atoms with Crippen molar-refractivity contribution in [2.75, 3.05) is 0 Å². The number of imidazole rings is 1. The minimum absolute atomic E-state index is 0. The van der Waals surface area contributed by atoms with Crippen LogP contribution in [-0.2, 0) is 13.0 Å². The van der Waals surface area contributed by atoms with E-state index in [1.165, 1.54) is 89.2 Å². The second kappa shape index (κ2) is 15.6. The van der Waals surface area contributed by atoms with Crippen LogP contribution < -0.4 is 21.5 Å². The molecule has 0 aliphatic carbocycles. The molecule has 0 saturated carbocycles. The van der Waals surface area contributed by atoms with E-state index in [0.717, 1.165) is 6.54 Å². The molecule has 1 aromatic heterocycles. The van der Waals surface area contributed by atoms with E-state index in [1.807, 2.05) is 0 Å². The van der Waals surface area contributed by atoms with Crippen molar-refractivity contribution in [3.8, 4) is 0 Å². The maximum Gasteiger partial charge on any atom is 0.241 e. The fourth-order valence-corrected chi connectivity index (χ4v) is 2.85. The van der Waals surface area contributed by atoms with E-state index < -0.39 is 0 Å². The van der Waals surface area contributed by atoms with Gasteiger partial charge in [0.15, 0.2) is 0 Å². The first-order valence-corrected chi connectivity index (χ1v) is 9.43. The average molecular weight is 373 g/mol. The molecule has 0 saturated heterocycles. The number of H-pyrrole nitrogens is 1.